The van der Waals surface area contributed by atoms with Crippen molar-refractivity contribution in [1.29, 1.82) is 0 Å². The Morgan fingerprint density at radius 1 is 1.29 bits per heavy atom. The van der Waals surface area contributed by atoms with Crippen LogP contribution in [0.25, 0.3) is 10.2 Å². The highest BCUT2D eigenvalue weighted by Crippen LogP contribution is 2.25. The van der Waals surface area contributed by atoms with E-state index in [-0.39, 0.29) is 0 Å². The molecule has 0 bridgehead atoms. The van der Waals surface area contributed by atoms with Crippen molar-refractivity contribution in [1.82, 2.24) is 9.88 Å². The number of nitrogens with zero attached hydrogens (tertiary/aromatic N) is 2. The van der Waals surface area contributed by atoms with Crippen molar-refractivity contribution >= 4 is 26.7 Å². The summed E-state index contributed by atoms with van der Waals surface area (Å²) in [7, 11) is 0. The van der Waals surface area contributed by atoms with E-state index in [0.717, 1.165) is 43.5 Å². The van der Waals surface area contributed by atoms with E-state index < -0.39 is 0 Å². The molecule has 1 aromatic heterocycles. The maximum Gasteiger partial charge on any atom is 0.183 e. The minimum atomic E-state index is 0.529. The summed E-state index contributed by atoms with van der Waals surface area (Å²) in [6, 6.07) is 8.82. The molecule has 1 aliphatic rings. The van der Waals surface area contributed by atoms with Gasteiger partial charge in [0.15, 0.2) is 5.13 Å². The quantitative estimate of drug-likeness (QED) is 0.921. The van der Waals surface area contributed by atoms with Crippen LogP contribution in [0.15, 0.2) is 24.3 Å². The molecule has 0 radical (unpaired) electrons. The van der Waals surface area contributed by atoms with Crippen LogP contribution in [-0.2, 0) is 4.74 Å². The zero-order valence-electron chi connectivity index (χ0n) is 12.7. The van der Waals surface area contributed by atoms with E-state index >= 15 is 0 Å². The Kier molecular flexibility index (Phi) is 4.73. The number of thiazole rings is 1. The van der Waals surface area contributed by atoms with Gasteiger partial charge in [-0.1, -0.05) is 37.3 Å². The molecule has 1 N–H and O–H groups in total. The summed E-state index contributed by atoms with van der Waals surface area (Å²) in [6.45, 7) is 9.29. The van der Waals surface area contributed by atoms with E-state index in [0.29, 0.717) is 12.0 Å². The number of fused-ring (bicyclic) bond motifs is 1. The zero-order chi connectivity index (χ0) is 14.7. The number of anilines is 1. The molecule has 0 unspecified atom stereocenters. The van der Waals surface area contributed by atoms with Gasteiger partial charge in [-0.25, -0.2) is 4.98 Å². The molecule has 1 aromatic carbocycles. The normalized spacial score (nSPS) is 18.2. The summed E-state index contributed by atoms with van der Waals surface area (Å²) in [5, 5.41) is 4.56. The molecule has 2 heterocycles. The number of hydrogen-bond donors (Lipinski definition) is 1. The first-order chi connectivity index (χ1) is 10.2. The Bertz CT molecular complexity index is 545. The van der Waals surface area contributed by atoms with E-state index in [1.807, 2.05) is 6.07 Å². The Morgan fingerprint density at radius 3 is 2.76 bits per heavy atom. The van der Waals surface area contributed by atoms with Gasteiger partial charge in [0.1, 0.15) is 0 Å². The number of benzene rings is 1. The lowest BCUT2D eigenvalue weighted by atomic mass is 10.0. The molecular formula is C16H23N3OS. The molecular weight excluding hydrogens is 282 g/mol. The Balaban J connectivity index is 1.65. The fourth-order valence-electron chi connectivity index (χ4n) is 2.84. The van der Waals surface area contributed by atoms with Crippen LogP contribution in [0.2, 0.25) is 0 Å². The van der Waals surface area contributed by atoms with Gasteiger partial charge in [0.25, 0.3) is 0 Å². The predicted octanol–water partition coefficient (Wildman–Crippen LogP) is 3.07. The van der Waals surface area contributed by atoms with Crippen molar-refractivity contribution in [2.45, 2.75) is 19.9 Å². The van der Waals surface area contributed by atoms with Crippen LogP contribution in [-0.4, -0.2) is 48.8 Å². The second kappa shape index (κ2) is 6.73. The van der Waals surface area contributed by atoms with Crippen LogP contribution in [0.1, 0.15) is 13.8 Å². The highest BCUT2D eigenvalue weighted by molar-refractivity contribution is 7.22. The average Bonchev–Trinajstić information content (AvgIpc) is 2.91. The van der Waals surface area contributed by atoms with Crippen LogP contribution in [0, 0.1) is 5.92 Å². The van der Waals surface area contributed by atoms with Gasteiger partial charge < -0.3 is 10.1 Å². The highest BCUT2D eigenvalue weighted by Gasteiger charge is 2.23. The van der Waals surface area contributed by atoms with Gasteiger partial charge in [0.2, 0.25) is 0 Å². The number of aromatic nitrogens is 1. The van der Waals surface area contributed by atoms with Gasteiger partial charge in [-0.15, -0.1) is 0 Å². The molecule has 2 aromatic rings. The molecule has 3 rings (SSSR count). The Morgan fingerprint density at radius 2 is 2.05 bits per heavy atom. The molecule has 1 atom stereocenters. The summed E-state index contributed by atoms with van der Waals surface area (Å²) in [5.74, 6) is 0.616. The lowest BCUT2D eigenvalue weighted by molar-refractivity contribution is 0.00955. The number of rotatable bonds is 5. The molecule has 114 valence electrons. The van der Waals surface area contributed by atoms with E-state index in [4.69, 9.17) is 4.74 Å². The molecule has 0 aliphatic carbocycles. The molecule has 4 nitrogen and oxygen atoms in total. The average molecular weight is 305 g/mol. The molecule has 1 aliphatic heterocycles. The summed E-state index contributed by atoms with van der Waals surface area (Å²) >= 11 is 1.73. The second-order valence-corrected chi connectivity index (χ2v) is 6.86. The van der Waals surface area contributed by atoms with Crippen molar-refractivity contribution in [3.63, 3.8) is 0 Å². The van der Waals surface area contributed by atoms with Gasteiger partial charge in [-0.2, -0.15) is 0 Å². The van der Waals surface area contributed by atoms with Gasteiger partial charge in [-0.05, 0) is 18.1 Å². The summed E-state index contributed by atoms with van der Waals surface area (Å²) in [5.41, 5.74) is 1.08. The largest absolute Gasteiger partial charge is 0.379 e. The highest BCUT2D eigenvalue weighted by atomic mass is 32.1. The van der Waals surface area contributed by atoms with E-state index in [1.54, 1.807) is 11.3 Å². The van der Waals surface area contributed by atoms with Crippen LogP contribution in [0.4, 0.5) is 5.13 Å². The standard InChI is InChI=1S/C16H23N3OS/c1-12(2)14(19-7-9-20-10-8-19)11-17-16-18-13-5-3-4-6-15(13)21-16/h3-6,12,14H,7-11H2,1-2H3,(H,17,18)/t14-/m0/s1. The van der Waals surface area contributed by atoms with Crippen LogP contribution in [0.5, 0.6) is 0 Å². The van der Waals surface area contributed by atoms with Crippen molar-refractivity contribution in [3.05, 3.63) is 24.3 Å². The van der Waals surface area contributed by atoms with Crippen molar-refractivity contribution in [2.24, 2.45) is 5.92 Å². The molecule has 0 saturated carbocycles. The first-order valence-electron chi connectivity index (χ1n) is 7.65. The summed E-state index contributed by atoms with van der Waals surface area (Å²) in [4.78, 5) is 7.19. The third kappa shape index (κ3) is 3.54. The van der Waals surface area contributed by atoms with Crippen LogP contribution < -0.4 is 5.32 Å². The van der Waals surface area contributed by atoms with Crippen LogP contribution >= 0.6 is 11.3 Å². The SMILES string of the molecule is CC(C)[C@H](CNc1nc2ccccc2s1)N1CCOCC1. The van der Waals surface area contributed by atoms with Crippen molar-refractivity contribution in [2.75, 3.05) is 38.2 Å². The predicted molar refractivity (Wildman–Crippen MR) is 89.1 cm³/mol. The lowest BCUT2D eigenvalue weighted by Crippen LogP contribution is -2.49. The van der Waals surface area contributed by atoms with Gasteiger partial charge in [0.05, 0.1) is 23.4 Å². The molecule has 1 fully saturated rings. The monoisotopic (exact) mass is 305 g/mol. The fraction of sp³-hybridized carbons (Fsp3) is 0.562. The number of nitrogens with one attached hydrogen (secondary N) is 1. The van der Waals surface area contributed by atoms with Gasteiger partial charge in [-0.3, -0.25) is 4.90 Å². The molecule has 1 saturated heterocycles. The fourth-order valence-corrected chi connectivity index (χ4v) is 3.71. The maximum absolute atomic E-state index is 5.46. The van der Waals surface area contributed by atoms with Crippen molar-refractivity contribution in [3.8, 4) is 0 Å². The first-order valence-corrected chi connectivity index (χ1v) is 8.47. The minimum absolute atomic E-state index is 0.529. The summed E-state index contributed by atoms with van der Waals surface area (Å²) in [6.07, 6.45) is 0. The molecule has 21 heavy (non-hydrogen) atoms. The molecule has 5 heteroatoms. The Hall–Kier alpha value is -1.17. The third-order valence-corrected chi connectivity index (χ3v) is 5.03. The molecule has 0 amide bonds. The first kappa shape index (κ1) is 14.8. The molecule has 0 spiro atoms. The number of morpholine rings is 1. The van der Waals surface area contributed by atoms with Crippen LogP contribution in [0.3, 0.4) is 0 Å². The second-order valence-electron chi connectivity index (χ2n) is 5.83. The van der Waals surface area contributed by atoms with E-state index in [2.05, 4.69) is 47.2 Å². The number of para-hydroxylation sites is 1. The zero-order valence-corrected chi connectivity index (χ0v) is 13.5. The number of hydrogen-bond acceptors (Lipinski definition) is 5. The van der Waals surface area contributed by atoms with E-state index in [1.165, 1.54) is 4.70 Å². The van der Waals surface area contributed by atoms with Crippen molar-refractivity contribution < 1.29 is 4.74 Å². The Labute approximate surface area is 130 Å². The van der Waals surface area contributed by atoms with E-state index in [9.17, 15) is 0 Å². The third-order valence-electron chi connectivity index (χ3n) is 4.04. The number of ether oxygens (including phenoxy) is 1. The maximum atomic E-state index is 5.46. The summed E-state index contributed by atoms with van der Waals surface area (Å²) < 4.78 is 6.70. The lowest BCUT2D eigenvalue weighted by Gasteiger charge is -2.36. The van der Waals surface area contributed by atoms with Gasteiger partial charge in [0, 0.05) is 25.7 Å². The smallest absolute Gasteiger partial charge is 0.183 e. The minimum Gasteiger partial charge on any atom is -0.379 e. The topological polar surface area (TPSA) is 37.4 Å². The van der Waals surface area contributed by atoms with Gasteiger partial charge >= 0.3 is 0 Å².